The van der Waals surface area contributed by atoms with E-state index in [2.05, 4.69) is 28.4 Å². The Bertz CT molecular complexity index is 862. The highest BCUT2D eigenvalue weighted by atomic mass is 16.5. The van der Waals surface area contributed by atoms with Gasteiger partial charge in [-0.25, -0.2) is 0 Å². The summed E-state index contributed by atoms with van der Waals surface area (Å²) in [6, 6.07) is 9.07. The summed E-state index contributed by atoms with van der Waals surface area (Å²) in [5, 5.41) is 3.13. The number of hydrogen-bond donors (Lipinski definition) is 1. The van der Waals surface area contributed by atoms with Gasteiger partial charge in [0, 0.05) is 43.7 Å². The van der Waals surface area contributed by atoms with Gasteiger partial charge in [0.1, 0.15) is 12.4 Å². The summed E-state index contributed by atoms with van der Waals surface area (Å²) in [4.78, 5) is 30.2. The summed E-state index contributed by atoms with van der Waals surface area (Å²) in [5.74, 6) is 1.74. The molecule has 6 heteroatoms. The number of piperidine rings is 1. The predicted molar refractivity (Wildman–Crippen MR) is 123 cm³/mol. The van der Waals surface area contributed by atoms with Crippen molar-refractivity contribution >= 4 is 11.8 Å². The molecule has 0 unspecified atom stereocenters. The van der Waals surface area contributed by atoms with Gasteiger partial charge in [-0.2, -0.15) is 0 Å². The largest absolute Gasteiger partial charge is 0.489 e. The van der Waals surface area contributed by atoms with Gasteiger partial charge in [0.05, 0.1) is 6.54 Å². The molecule has 0 radical (unpaired) electrons. The monoisotopic (exact) mass is 437 g/mol. The first kappa shape index (κ1) is 21.5. The number of benzene rings is 1. The highest BCUT2D eigenvalue weighted by molar-refractivity contribution is 5.79. The number of hydrogen-bond acceptors (Lipinski definition) is 4. The molecule has 1 N–H and O–H groups in total. The minimum Gasteiger partial charge on any atom is -0.489 e. The van der Waals surface area contributed by atoms with Crippen molar-refractivity contribution in [2.45, 2.75) is 63.6 Å². The van der Waals surface area contributed by atoms with Crippen LogP contribution in [0.15, 0.2) is 36.4 Å². The molecule has 3 fully saturated rings. The van der Waals surface area contributed by atoms with E-state index in [9.17, 15) is 9.59 Å². The molecule has 1 aromatic carbocycles. The van der Waals surface area contributed by atoms with Crippen LogP contribution in [-0.4, -0.2) is 59.9 Å². The van der Waals surface area contributed by atoms with Gasteiger partial charge in [-0.1, -0.05) is 36.8 Å². The summed E-state index contributed by atoms with van der Waals surface area (Å²) < 4.78 is 6.13. The number of nitrogens with one attached hydrogen (secondary N) is 1. The second-order valence-electron chi connectivity index (χ2n) is 9.93. The van der Waals surface area contributed by atoms with E-state index in [1.54, 1.807) is 0 Å². The first-order valence-electron chi connectivity index (χ1n) is 12.3. The highest BCUT2D eigenvalue weighted by Gasteiger charge is 2.34. The zero-order valence-electron chi connectivity index (χ0n) is 18.9. The highest BCUT2D eigenvalue weighted by Crippen LogP contribution is 2.32. The van der Waals surface area contributed by atoms with Gasteiger partial charge in [0.25, 0.3) is 0 Å². The first-order chi connectivity index (χ1) is 15.7. The maximum atomic E-state index is 13.3. The Morgan fingerprint density at radius 2 is 1.94 bits per heavy atom. The van der Waals surface area contributed by atoms with Gasteiger partial charge < -0.3 is 15.0 Å². The van der Waals surface area contributed by atoms with Crippen LogP contribution in [0.4, 0.5) is 0 Å². The van der Waals surface area contributed by atoms with Crippen LogP contribution < -0.4 is 10.1 Å². The van der Waals surface area contributed by atoms with Crippen LogP contribution in [0.25, 0.3) is 0 Å². The van der Waals surface area contributed by atoms with Crippen LogP contribution >= 0.6 is 0 Å². The van der Waals surface area contributed by atoms with Crippen LogP contribution in [-0.2, 0) is 16.1 Å². The smallest absolute Gasteiger partial charge is 0.236 e. The van der Waals surface area contributed by atoms with Gasteiger partial charge in [0.15, 0.2) is 0 Å². The summed E-state index contributed by atoms with van der Waals surface area (Å²) >= 11 is 0. The summed E-state index contributed by atoms with van der Waals surface area (Å²) in [6.45, 7) is 3.16. The zero-order chi connectivity index (χ0) is 21.9. The van der Waals surface area contributed by atoms with E-state index in [-0.39, 0.29) is 23.7 Å². The minimum atomic E-state index is 0.162. The van der Waals surface area contributed by atoms with Crippen molar-refractivity contribution < 1.29 is 14.3 Å². The number of ether oxygens (including phenoxy) is 1. The summed E-state index contributed by atoms with van der Waals surface area (Å²) in [5.41, 5.74) is 1.15. The average molecular weight is 438 g/mol. The van der Waals surface area contributed by atoms with Crippen LogP contribution in [0.3, 0.4) is 0 Å². The fourth-order valence-electron chi connectivity index (χ4n) is 5.18. The molecule has 2 atom stereocenters. The Labute approximate surface area is 191 Å². The summed E-state index contributed by atoms with van der Waals surface area (Å²) in [7, 11) is 0. The molecule has 2 aliphatic heterocycles. The van der Waals surface area contributed by atoms with Crippen LogP contribution in [0, 0.1) is 11.8 Å². The maximum Gasteiger partial charge on any atom is 0.236 e. The molecule has 2 amide bonds. The lowest BCUT2D eigenvalue weighted by molar-refractivity contribution is -0.136. The average Bonchev–Trinajstić information content (AvgIpc) is 3.55. The second kappa shape index (κ2) is 9.65. The Morgan fingerprint density at radius 1 is 1.09 bits per heavy atom. The quantitative estimate of drug-likeness (QED) is 0.736. The van der Waals surface area contributed by atoms with Gasteiger partial charge in [0.2, 0.25) is 11.8 Å². The summed E-state index contributed by atoms with van der Waals surface area (Å²) in [6.07, 6.45) is 11.5. The van der Waals surface area contributed by atoms with Gasteiger partial charge in [-0.3, -0.25) is 14.5 Å². The molecular weight excluding hydrogens is 402 g/mol. The van der Waals surface area contributed by atoms with Crippen molar-refractivity contribution in [2.24, 2.45) is 11.8 Å². The van der Waals surface area contributed by atoms with Crippen molar-refractivity contribution in [3.63, 3.8) is 0 Å². The van der Waals surface area contributed by atoms with Crippen LogP contribution in [0.5, 0.6) is 5.75 Å². The lowest BCUT2D eigenvalue weighted by Gasteiger charge is -2.41. The molecule has 172 valence electrons. The molecule has 0 aromatic heterocycles. The van der Waals surface area contributed by atoms with E-state index in [4.69, 9.17) is 4.74 Å². The predicted octanol–water partition coefficient (Wildman–Crippen LogP) is 3.12. The van der Waals surface area contributed by atoms with Crippen molar-refractivity contribution in [1.29, 1.82) is 0 Å². The Hall–Kier alpha value is -2.34. The number of carbonyl (C=O) groups is 2. The number of nitrogens with zero attached hydrogens (tertiary/aromatic N) is 2. The molecular formula is C26H35N3O3. The molecule has 6 nitrogen and oxygen atoms in total. The molecule has 2 bridgehead atoms. The SMILES string of the molecule is O=C(C[C@@H]1CCN2C[C@@H]1C=CCOc1ccccc1CN(C1CCC1)CC2=O)NC1CC1. The van der Waals surface area contributed by atoms with E-state index in [1.165, 1.54) is 19.3 Å². The molecule has 1 aromatic rings. The van der Waals surface area contributed by atoms with Crippen molar-refractivity contribution in [1.82, 2.24) is 15.1 Å². The number of rotatable bonds is 4. The number of fused-ring (bicyclic) bond motifs is 3. The molecule has 5 rings (SSSR count). The van der Waals surface area contributed by atoms with E-state index in [0.717, 1.165) is 43.7 Å². The third-order valence-corrected chi connectivity index (χ3v) is 7.54. The van der Waals surface area contributed by atoms with Crippen molar-refractivity contribution in [2.75, 3.05) is 26.2 Å². The first-order valence-corrected chi connectivity index (χ1v) is 12.3. The normalized spacial score (nSPS) is 27.2. The van der Waals surface area contributed by atoms with Crippen molar-refractivity contribution in [3.8, 4) is 5.75 Å². The fourth-order valence-corrected chi connectivity index (χ4v) is 5.18. The van der Waals surface area contributed by atoms with Crippen LogP contribution in [0.2, 0.25) is 0 Å². The maximum absolute atomic E-state index is 13.3. The molecule has 1 saturated heterocycles. The Balaban J connectivity index is 1.34. The third-order valence-electron chi connectivity index (χ3n) is 7.54. The zero-order valence-corrected chi connectivity index (χ0v) is 18.9. The number of carbonyl (C=O) groups excluding carboxylic acids is 2. The van der Waals surface area contributed by atoms with Gasteiger partial charge in [-0.05, 0) is 50.0 Å². The fraction of sp³-hybridized carbons (Fsp3) is 0.615. The topological polar surface area (TPSA) is 61.9 Å². The van der Waals surface area contributed by atoms with Gasteiger partial charge in [-0.15, -0.1) is 0 Å². The molecule has 2 heterocycles. The second-order valence-corrected chi connectivity index (χ2v) is 9.93. The standard InChI is InChI=1S/C26H35N3O3/c30-25(27-22-10-11-22)15-19-12-13-28-16-20(19)6-4-14-32-24-9-2-1-5-21(24)17-29(18-26(28)31)23-7-3-8-23/h1-2,4-6,9,19-20,22-23H,3,7-8,10-18H2,(H,27,30)/t19-,20-/m0/s1. The number of para-hydroxylation sites is 1. The molecule has 2 saturated carbocycles. The van der Waals surface area contributed by atoms with E-state index >= 15 is 0 Å². The third kappa shape index (κ3) is 5.17. The Kier molecular flexibility index (Phi) is 6.49. The van der Waals surface area contributed by atoms with Gasteiger partial charge >= 0.3 is 0 Å². The molecule has 32 heavy (non-hydrogen) atoms. The Morgan fingerprint density at radius 3 is 2.72 bits per heavy atom. The van der Waals surface area contributed by atoms with Crippen molar-refractivity contribution in [3.05, 3.63) is 42.0 Å². The van der Waals surface area contributed by atoms with E-state index in [0.29, 0.717) is 38.2 Å². The molecule has 0 spiro atoms. The van der Waals surface area contributed by atoms with Crippen LogP contribution in [0.1, 0.15) is 50.5 Å². The minimum absolute atomic E-state index is 0.162. The van der Waals surface area contributed by atoms with E-state index < -0.39 is 0 Å². The number of amides is 2. The molecule has 4 aliphatic rings. The van der Waals surface area contributed by atoms with E-state index in [1.807, 2.05) is 23.1 Å². The lowest BCUT2D eigenvalue weighted by Crippen LogP contribution is -2.50. The lowest BCUT2D eigenvalue weighted by atomic mass is 9.82. The molecule has 2 aliphatic carbocycles.